The molecule has 0 bridgehead atoms. The van der Waals surface area contributed by atoms with Crippen molar-refractivity contribution in [2.75, 3.05) is 6.61 Å². The van der Waals surface area contributed by atoms with Crippen LogP contribution in [0.5, 0.6) is 17.2 Å². The van der Waals surface area contributed by atoms with Crippen LogP contribution in [0.2, 0.25) is 0 Å². The lowest BCUT2D eigenvalue weighted by Gasteiger charge is -2.22. The number of non-ortho nitro benzene ring substituents is 1. The van der Waals surface area contributed by atoms with Crippen LogP contribution in [0.3, 0.4) is 0 Å². The largest absolute Gasteiger partial charge is 0.505 e. The summed E-state index contributed by atoms with van der Waals surface area (Å²) < 4.78 is 5.41. The zero-order valence-electron chi connectivity index (χ0n) is 16.5. The molecule has 3 N–H and O–H groups in total. The number of benzene rings is 2. The molecule has 9 heteroatoms. The van der Waals surface area contributed by atoms with E-state index in [0.29, 0.717) is 12.2 Å². The Morgan fingerprint density at radius 3 is 2.70 bits per heavy atom. The number of ether oxygens (including phenoxy) is 1. The van der Waals surface area contributed by atoms with Gasteiger partial charge in [-0.3, -0.25) is 19.9 Å². The van der Waals surface area contributed by atoms with E-state index in [1.807, 2.05) is 0 Å². The molecule has 0 fully saturated rings. The van der Waals surface area contributed by atoms with E-state index in [4.69, 9.17) is 4.74 Å². The number of phenolic OH excluding ortho intramolecular Hbond substituents is 2. The predicted molar refractivity (Wildman–Crippen MR) is 110 cm³/mol. The minimum Gasteiger partial charge on any atom is -0.505 e. The molecule has 0 aliphatic heterocycles. The van der Waals surface area contributed by atoms with Gasteiger partial charge >= 0.3 is 0 Å². The second-order valence-electron chi connectivity index (χ2n) is 6.50. The number of hydrogen-bond acceptors (Lipinski definition) is 7. The number of phenols is 2. The Bertz CT molecular complexity index is 1120. The lowest BCUT2D eigenvalue weighted by atomic mass is 9.94. The van der Waals surface area contributed by atoms with Gasteiger partial charge in [0.2, 0.25) is 5.91 Å². The van der Waals surface area contributed by atoms with Crippen LogP contribution in [-0.2, 0) is 4.79 Å². The van der Waals surface area contributed by atoms with Gasteiger partial charge in [0.25, 0.3) is 5.69 Å². The van der Waals surface area contributed by atoms with Crippen molar-refractivity contribution in [2.45, 2.75) is 26.3 Å². The van der Waals surface area contributed by atoms with Crippen molar-refractivity contribution in [1.29, 1.82) is 0 Å². The first-order valence-electron chi connectivity index (χ1n) is 9.37. The highest BCUT2D eigenvalue weighted by Gasteiger charge is 2.27. The van der Waals surface area contributed by atoms with Gasteiger partial charge < -0.3 is 20.3 Å². The molecule has 0 aliphatic carbocycles. The van der Waals surface area contributed by atoms with Gasteiger partial charge in [0.1, 0.15) is 11.3 Å². The maximum atomic E-state index is 12.2. The highest BCUT2D eigenvalue weighted by Crippen LogP contribution is 2.40. The number of hydrogen-bond donors (Lipinski definition) is 3. The highest BCUT2D eigenvalue weighted by atomic mass is 16.6. The molecule has 1 aromatic heterocycles. The normalized spacial score (nSPS) is 11.8. The van der Waals surface area contributed by atoms with Crippen LogP contribution < -0.4 is 10.1 Å². The monoisotopic (exact) mass is 411 g/mol. The summed E-state index contributed by atoms with van der Waals surface area (Å²) >= 11 is 0. The van der Waals surface area contributed by atoms with Gasteiger partial charge in [-0.05, 0) is 36.8 Å². The lowest BCUT2D eigenvalue weighted by Crippen LogP contribution is -2.28. The third-order valence-corrected chi connectivity index (χ3v) is 4.62. The summed E-state index contributed by atoms with van der Waals surface area (Å²) in [5.74, 6) is -0.493. The van der Waals surface area contributed by atoms with Gasteiger partial charge in [-0.15, -0.1) is 0 Å². The first kappa shape index (κ1) is 20.8. The van der Waals surface area contributed by atoms with E-state index in [2.05, 4.69) is 10.3 Å². The van der Waals surface area contributed by atoms with Gasteiger partial charge in [-0.2, -0.15) is 0 Å². The number of nitrogens with zero attached hydrogens (tertiary/aromatic N) is 2. The topological polar surface area (TPSA) is 135 Å². The van der Waals surface area contributed by atoms with E-state index >= 15 is 0 Å². The summed E-state index contributed by atoms with van der Waals surface area (Å²) in [6.07, 6.45) is 1.59. The Kier molecular flexibility index (Phi) is 6.01. The van der Waals surface area contributed by atoms with E-state index in [1.165, 1.54) is 30.5 Å². The van der Waals surface area contributed by atoms with Gasteiger partial charge in [-0.1, -0.05) is 13.0 Å². The number of nitro groups is 1. The minimum absolute atomic E-state index is 0.0567. The number of pyridine rings is 1. The Labute approximate surface area is 172 Å². The third-order valence-electron chi connectivity index (χ3n) is 4.62. The number of nitrogens with one attached hydrogen (secondary N) is 1. The van der Waals surface area contributed by atoms with Crippen molar-refractivity contribution < 1.29 is 24.7 Å². The Morgan fingerprint density at radius 2 is 2.03 bits per heavy atom. The molecule has 3 rings (SSSR count). The molecule has 0 radical (unpaired) electrons. The second kappa shape index (κ2) is 8.64. The third kappa shape index (κ3) is 3.95. The molecule has 156 valence electrons. The molecule has 0 aliphatic rings. The molecule has 2 aromatic carbocycles. The molecule has 0 saturated carbocycles. The van der Waals surface area contributed by atoms with Crippen LogP contribution in [0.1, 0.15) is 37.4 Å². The summed E-state index contributed by atoms with van der Waals surface area (Å²) in [4.78, 5) is 27.4. The summed E-state index contributed by atoms with van der Waals surface area (Å²) in [6, 6.07) is 7.81. The Morgan fingerprint density at radius 1 is 1.27 bits per heavy atom. The molecule has 1 atom stereocenters. The molecule has 30 heavy (non-hydrogen) atoms. The summed E-state index contributed by atoms with van der Waals surface area (Å²) in [5.41, 5.74) is 0.396. The predicted octanol–water partition coefficient (Wildman–Crippen LogP) is 3.57. The summed E-state index contributed by atoms with van der Waals surface area (Å²) in [6.45, 7) is 3.73. The fraction of sp³-hybridized carbons (Fsp3) is 0.238. The average Bonchev–Trinajstić information content (AvgIpc) is 2.74. The van der Waals surface area contributed by atoms with E-state index in [0.717, 1.165) is 0 Å². The number of rotatable bonds is 7. The van der Waals surface area contributed by atoms with Crippen LogP contribution in [0.15, 0.2) is 42.6 Å². The molecule has 0 saturated heterocycles. The number of amides is 1. The molecule has 0 spiro atoms. The van der Waals surface area contributed by atoms with Crippen LogP contribution in [-0.4, -0.2) is 32.6 Å². The van der Waals surface area contributed by atoms with E-state index < -0.39 is 11.0 Å². The Hall–Kier alpha value is -3.88. The number of aromatic nitrogens is 1. The van der Waals surface area contributed by atoms with Gasteiger partial charge in [0.05, 0.1) is 23.0 Å². The van der Waals surface area contributed by atoms with Crippen molar-refractivity contribution in [3.63, 3.8) is 0 Å². The number of fused-ring (bicyclic) bond motifs is 1. The molecule has 9 nitrogen and oxygen atoms in total. The maximum Gasteiger partial charge on any atom is 0.279 e. The van der Waals surface area contributed by atoms with E-state index in [9.17, 15) is 25.1 Å². The van der Waals surface area contributed by atoms with Crippen molar-refractivity contribution in [1.82, 2.24) is 10.3 Å². The molecular formula is C21H21N3O6. The molecule has 1 amide bonds. The zero-order valence-corrected chi connectivity index (χ0v) is 16.5. The minimum atomic E-state index is -0.928. The standard InChI is InChI=1S/C21H21N3O6/c1-3-18(26)23-19(12-7-8-16(25)17(10-12)30-4-2)14-11-15(24(28)29)13-6-5-9-22-20(13)21(14)27/h5-11,19,25,27H,3-4H2,1-2H3,(H,23,26). The SMILES string of the molecule is CCOc1cc(C(NC(=O)CC)c2cc([N+](=O)[O-])c3cccnc3c2O)ccc1O. The van der Waals surface area contributed by atoms with Crippen molar-refractivity contribution in [2.24, 2.45) is 0 Å². The van der Waals surface area contributed by atoms with Crippen molar-refractivity contribution in [3.8, 4) is 17.2 Å². The smallest absolute Gasteiger partial charge is 0.279 e. The van der Waals surface area contributed by atoms with Crippen LogP contribution in [0.4, 0.5) is 5.69 Å². The van der Waals surface area contributed by atoms with Gasteiger partial charge in [0, 0.05) is 24.2 Å². The maximum absolute atomic E-state index is 12.2. The van der Waals surface area contributed by atoms with E-state index in [-0.39, 0.29) is 51.7 Å². The molecule has 1 unspecified atom stereocenters. The number of carbonyl (C=O) groups is 1. The second-order valence-corrected chi connectivity index (χ2v) is 6.50. The molecule has 1 heterocycles. The number of nitro benzene ring substituents is 1. The highest BCUT2D eigenvalue weighted by molar-refractivity contribution is 5.94. The van der Waals surface area contributed by atoms with Crippen molar-refractivity contribution >= 4 is 22.5 Å². The van der Waals surface area contributed by atoms with Gasteiger partial charge in [0.15, 0.2) is 11.5 Å². The first-order valence-corrected chi connectivity index (χ1v) is 9.37. The molecule has 3 aromatic rings. The summed E-state index contributed by atoms with van der Waals surface area (Å²) in [5, 5.41) is 35.5. The first-order chi connectivity index (χ1) is 14.4. The zero-order chi connectivity index (χ0) is 21.8. The van der Waals surface area contributed by atoms with Gasteiger partial charge in [-0.25, -0.2) is 0 Å². The summed E-state index contributed by atoms with van der Waals surface area (Å²) in [7, 11) is 0. The Balaban J connectivity index is 2.26. The quantitative estimate of drug-likeness (QED) is 0.399. The fourth-order valence-electron chi connectivity index (χ4n) is 3.19. The number of aromatic hydroxyl groups is 2. The lowest BCUT2D eigenvalue weighted by molar-refractivity contribution is -0.383. The van der Waals surface area contributed by atoms with Crippen LogP contribution >= 0.6 is 0 Å². The fourth-order valence-corrected chi connectivity index (χ4v) is 3.19. The number of carbonyl (C=O) groups excluding carboxylic acids is 1. The van der Waals surface area contributed by atoms with Crippen LogP contribution in [0.25, 0.3) is 10.9 Å². The van der Waals surface area contributed by atoms with Crippen molar-refractivity contribution in [3.05, 3.63) is 63.8 Å². The average molecular weight is 411 g/mol. The van der Waals surface area contributed by atoms with E-state index in [1.54, 1.807) is 26.0 Å². The molecular weight excluding hydrogens is 390 g/mol. The van der Waals surface area contributed by atoms with Crippen LogP contribution in [0, 0.1) is 10.1 Å².